The highest BCUT2D eigenvalue weighted by atomic mass is 16.1. The van der Waals surface area contributed by atoms with Crippen LogP contribution in [0, 0.1) is 13.8 Å². The Balaban J connectivity index is 1.61. The molecule has 4 nitrogen and oxygen atoms in total. The Kier molecular flexibility index (Phi) is 3.92. The van der Waals surface area contributed by atoms with Gasteiger partial charge in [-0.1, -0.05) is 23.8 Å². The summed E-state index contributed by atoms with van der Waals surface area (Å²) >= 11 is 0. The van der Waals surface area contributed by atoms with Crippen LogP contribution in [0.25, 0.3) is 5.65 Å². The van der Waals surface area contributed by atoms with Gasteiger partial charge in [-0.05, 0) is 38.1 Å². The summed E-state index contributed by atoms with van der Waals surface area (Å²) in [5.74, 6) is -0.0417. The van der Waals surface area contributed by atoms with Gasteiger partial charge in [0, 0.05) is 30.4 Å². The van der Waals surface area contributed by atoms with Crippen LogP contribution in [0.4, 0.5) is 0 Å². The average molecular weight is 293 g/mol. The van der Waals surface area contributed by atoms with Gasteiger partial charge in [0.2, 0.25) is 0 Å². The summed E-state index contributed by atoms with van der Waals surface area (Å²) in [7, 11) is 0. The first-order valence-corrected chi connectivity index (χ1v) is 7.42. The summed E-state index contributed by atoms with van der Waals surface area (Å²) in [6.07, 6.45) is 2.75. The second-order valence-corrected chi connectivity index (χ2v) is 5.50. The van der Waals surface area contributed by atoms with E-state index in [1.807, 2.05) is 49.5 Å². The van der Waals surface area contributed by atoms with Crippen LogP contribution in [0.5, 0.6) is 0 Å². The van der Waals surface area contributed by atoms with Crippen LogP contribution in [-0.2, 0) is 6.42 Å². The van der Waals surface area contributed by atoms with Crippen LogP contribution in [0.1, 0.15) is 27.3 Å². The number of aromatic nitrogens is 2. The Hall–Kier alpha value is -2.62. The molecule has 0 saturated carbocycles. The fraction of sp³-hybridized carbons (Fsp3) is 0.222. The van der Waals surface area contributed by atoms with Crippen LogP contribution >= 0.6 is 0 Å². The van der Waals surface area contributed by atoms with Crippen molar-refractivity contribution in [3.8, 4) is 0 Å². The molecule has 0 aliphatic carbocycles. The fourth-order valence-corrected chi connectivity index (χ4v) is 2.43. The van der Waals surface area contributed by atoms with Crippen LogP contribution in [0.15, 0.2) is 48.7 Å². The van der Waals surface area contributed by atoms with Crippen molar-refractivity contribution >= 4 is 11.6 Å². The quantitative estimate of drug-likeness (QED) is 0.804. The minimum absolute atomic E-state index is 0.0417. The summed E-state index contributed by atoms with van der Waals surface area (Å²) in [5.41, 5.74) is 4.92. The predicted molar refractivity (Wildman–Crippen MR) is 87.1 cm³/mol. The molecule has 0 atom stereocenters. The van der Waals surface area contributed by atoms with E-state index in [-0.39, 0.29) is 5.91 Å². The number of carbonyl (C=O) groups is 1. The van der Waals surface area contributed by atoms with Gasteiger partial charge in [0.15, 0.2) is 0 Å². The number of nitrogens with one attached hydrogen (secondary N) is 1. The molecule has 0 bridgehead atoms. The highest BCUT2D eigenvalue weighted by Crippen LogP contribution is 2.09. The maximum absolute atomic E-state index is 12.0. The number of rotatable bonds is 4. The first-order chi connectivity index (χ1) is 10.6. The smallest absolute Gasteiger partial charge is 0.251 e. The number of benzene rings is 1. The van der Waals surface area contributed by atoms with Crippen molar-refractivity contribution in [1.82, 2.24) is 14.7 Å². The van der Waals surface area contributed by atoms with E-state index in [0.29, 0.717) is 12.1 Å². The molecule has 1 N–H and O–H groups in total. The Labute approximate surface area is 129 Å². The summed E-state index contributed by atoms with van der Waals surface area (Å²) in [4.78, 5) is 16.6. The van der Waals surface area contributed by atoms with Gasteiger partial charge in [-0.2, -0.15) is 0 Å². The molecule has 0 fully saturated rings. The summed E-state index contributed by atoms with van der Waals surface area (Å²) in [5, 5.41) is 2.94. The normalized spacial score (nSPS) is 10.8. The molecule has 3 aromatic rings. The third-order valence-corrected chi connectivity index (χ3v) is 3.73. The van der Waals surface area contributed by atoms with Crippen LogP contribution in [0.2, 0.25) is 0 Å². The van der Waals surface area contributed by atoms with Crippen molar-refractivity contribution in [3.63, 3.8) is 0 Å². The highest BCUT2D eigenvalue weighted by Gasteiger charge is 2.06. The lowest BCUT2D eigenvalue weighted by Gasteiger charge is -2.04. The number of aryl methyl sites for hydroxylation is 2. The monoisotopic (exact) mass is 293 g/mol. The van der Waals surface area contributed by atoms with E-state index >= 15 is 0 Å². The molecular formula is C18H19N3O. The van der Waals surface area contributed by atoms with E-state index < -0.39 is 0 Å². The molecule has 4 heteroatoms. The van der Waals surface area contributed by atoms with Gasteiger partial charge < -0.3 is 9.72 Å². The number of carbonyl (C=O) groups excluding carboxylic acids is 1. The number of pyridine rings is 1. The standard InChI is InChI=1S/C18H19N3O/c1-13-6-8-15(9-7-13)18(22)19-11-10-16-12-21-14(2)4-3-5-17(21)20-16/h3-9,12H,10-11H2,1-2H3,(H,19,22). The topological polar surface area (TPSA) is 46.4 Å². The van der Waals surface area contributed by atoms with E-state index in [2.05, 4.69) is 27.7 Å². The van der Waals surface area contributed by atoms with E-state index in [4.69, 9.17) is 0 Å². The molecule has 22 heavy (non-hydrogen) atoms. The number of amides is 1. The lowest BCUT2D eigenvalue weighted by molar-refractivity contribution is 0.0954. The third kappa shape index (κ3) is 3.01. The molecule has 0 spiro atoms. The highest BCUT2D eigenvalue weighted by molar-refractivity contribution is 5.94. The SMILES string of the molecule is Cc1ccc(C(=O)NCCc2cn3c(C)cccc3n2)cc1. The lowest BCUT2D eigenvalue weighted by atomic mass is 10.1. The lowest BCUT2D eigenvalue weighted by Crippen LogP contribution is -2.25. The molecule has 1 aromatic carbocycles. The van der Waals surface area contributed by atoms with E-state index in [0.717, 1.165) is 29.0 Å². The second kappa shape index (κ2) is 6.02. The Bertz CT molecular complexity index is 803. The van der Waals surface area contributed by atoms with Crippen molar-refractivity contribution in [2.75, 3.05) is 6.54 Å². The van der Waals surface area contributed by atoms with Crippen molar-refractivity contribution < 1.29 is 4.79 Å². The van der Waals surface area contributed by atoms with Crippen LogP contribution in [0.3, 0.4) is 0 Å². The zero-order valence-corrected chi connectivity index (χ0v) is 12.8. The van der Waals surface area contributed by atoms with Crippen LogP contribution < -0.4 is 5.32 Å². The number of nitrogens with zero attached hydrogens (tertiary/aromatic N) is 2. The summed E-state index contributed by atoms with van der Waals surface area (Å²) in [6, 6.07) is 13.6. The Morgan fingerprint density at radius 3 is 2.64 bits per heavy atom. The van der Waals surface area contributed by atoms with E-state index in [1.165, 1.54) is 0 Å². The molecule has 0 radical (unpaired) electrons. The number of hydrogen-bond acceptors (Lipinski definition) is 2. The average Bonchev–Trinajstić information content (AvgIpc) is 2.92. The Morgan fingerprint density at radius 1 is 1.14 bits per heavy atom. The van der Waals surface area contributed by atoms with E-state index in [9.17, 15) is 4.79 Å². The molecule has 1 amide bonds. The van der Waals surface area contributed by atoms with Gasteiger partial charge >= 0.3 is 0 Å². The van der Waals surface area contributed by atoms with Gasteiger partial charge in [0.25, 0.3) is 5.91 Å². The molecule has 3 rings (SSSR count). The molecule has 0 saturated heterocycles. The first-order valence-electron chi connectivity index (χ1n) is 7.42. The molecule has 0 aliphatic heterocycles. The fourth-order valence-electron chi connectivity index (χ4n) is 2.43. The molecule has 2 aromatic heterocycles. The minimum atomic E-state index is -0.0417. The molecular weight excluding hydrogens is 274 g/mol. The maximum Gasteiger partial charge on any atom is 0.251 e. The molecule has 0 unspecified atom stereocenters. The van der Waals surface area contributed by atoms with Gasteiger partial charge in [-0.3, -0.25) is 4.79 Å². The minimum Gasteiger partial charge on any atom is -0.352 e. The molecule has 0 aliphatic rings. The number of hydrogen-bond donors (Lipinski definition) is 1. The molecule has 2 heterocycles. The van der Waals surface area contributed by atoms with Crippen LogP contribution in [-0.4, -0.2) is 21.8 Å². The third-order valence-electron chi connectivity index (χ3n) is 3.73. The van der Waals surface area contributed by atoms with Gasteiger partial charge in [0.05, 0.1) is 5.69 Å². The number of fused-ring (bicyclic) bond motifs is 1. The first kappa shape index (κ1) is 14.3. The summed E-state index contributed by atoms with van der Waals surface area (Å²) in [6.45, 7) is 4.64. The second-order valence-electron chi connectivity index (χ2n) is 5.50. The Morgan fingerprint density at radius 2 is 1.91 bits per heavy atom. The largest absolute Gasteiger partial charge is 0.352 e. The zero-order valence-electron chi connectivity index (χ0n) is 12.8. The zero-order chi connectivity index (χ0) is 15.5. The van der Waals surface area contributed by atoms with Crippen molar-refractivity contribution in [3.05, 3.63) is 71.2 Å². The van der Waals surface area contributed by atoms with Gasteiger partial charge in [0.1, 0.15) is 5.65 Å². The molecule has 112 valence electrons. The summed E-state index contributed by atoms with van der Waals surface area (Å²) < 4.78 is 2.07. The van der Waals surface area contributed by atoms with Crippen molar-refractivity contribution in [2.45, 2.75) is 20.3 Å². The van der Waals surface area contributed by atoms with E-state index in [1.54, 1.807) is 0 Å². The maximum atomic E-state index is 12.0. The van der Waals surface area contributed by atoms with Crippen molar-refractivity contribution in [1.29, 1.82) is 0 Å². The number of imidazole rings is 1. The predicted octanol–water partition coefficient (Wildman–Crippen LogP) is 2.92. The van der Waals surface area contributed by atoms with Gasteiger partial charge in [-0.25, -0.2) is 4.98 Å². The van der Waals surface area contributed by atoms with Crippen molar-refractivity contribution in [2.24, 2.45) is 0 Å². The van der Waals surface area contributed by atoms with Gasteiger partial charge in [-0.15, -0.1) is 0 Å².